The Hall–Kier alpha value is -0.870. The van der Waals surface area contributed by atoms with Crippen molar-refractivity contribution in [3.8, 4) is 0 Å². The summed E-state index contributed by atoms with van der Waals surface area (Å²) in [5, 5.41) is 12.5. The van der Waals surface area contributed by atoms with Crippen LogP contribution in [0.4, 0.5) is 0 Å². The number of nitrogens with zero attached hydrogens (tertiary/aromatic N) is 2. The standard InChI is InChI=1S/C11H19N3O/c1-9-11(7-15)13-8-14(9)6-10-3-2-4-12-5-10/h8,10,12,15H,2-7H2,1H3. The zero-order valence-electron chi connectivity index (χ0n) is 9.24. The number of piperidine rings is 1. The number of hydrogen-bond acceptors (Lipinski definition) is 3. The summed E-state index contributed by atoms with van der Waals surface area (Å²) < 4.78 is 2.16. The Balaban J connectivity index is 2.00. The third-order valence-corrected chi connectivity index (χ3v) is 3.21. The van der Waals surface area contributed by atoms with Gasteiger partial charge in [0.25, 0.3) is 0 Å². The highest BCUT2D eigenvalue weighted by molar-refractivity contribution is 5.09. The fraction of sp³-hybridized carbons (Fsp3) is 0.727. The first kappa shape index (κ1) is 10.6. The first-order valence-corrected chi connectivity index (χ1v) is 5.63. The predicted molar refractivity (Wildman–Crippen MR) is 58.5 cm³/mol. The van der Waals surface area contributed by atoms with Crippen LogP contribution in [0.3, 0.4) is 0 Å². The molecule has 1 aliphatic heterocycles. The highest BCUT2D eigenvalue weighted by Crippen LogP contribution is 2.15. The van der Waals surface area contributed by atoms with Crippen molar-refractivity contribution in [1.82, 2.24) is 14.9 Å². The predicted octanol–water partition coefficient (Wildman–Crippen LogP) is 0.683. The van der Waals surface area contributed by atoms with Gasteiger partial charge in [-0.25, -0.2) is 4.98 Å². The number of aliphatic hydroxyl groups excluding tert-OH is 1. The molecule has 1 fully saturated rings. The first-order valence-electron chi connectivity index (χ1n) is 5.63. The van der Waals surface area contributed by atoms with Crippen molar-refractivity contribution in [1.29, 1.82) is 0 Å². The molecule has 0 bridgehead atoms. The third-order valence-electron chi connectivity index (χ3n) is 3.21. The largest absolute Gasteiger partial charge is 0.390 e. The van der Waals surface area contributed by atoms with Gasteiger partial charge in [-0.2, -0.15) is 0 Å². The van der Waals surface area contributed by atoms with E-state index in [0.717, 1.165) is 31.0 Å². The second-order valence-electron chi connectivity index (χ2n) is 4.30. The van der Waals surface area contributed by atoms with Crippen LogP contribution in [0.2, 0.25) is 0 Å². The van der Waals surface area contributed by atoms with Crippen LogP contribution in [0.15, 0.2) is 6.33 Å². The van der Waals surface area contributed by atoms with E-state index in [-0.39, 0.29) is 6.61 Å². The lowest BCUT2D eigenvalue weighted by Gasteiger charge is -2.23. The van der Waals surface area contributed by atoms with Crippen molar-refractivity contribution < 1.29 is 5.11 Å². The van der Waals surface area contributed by atoms with Gasteiger partial charge >= 0.3 is 0 Å². The minimum absolute atomic E-state index is 0.0434. The van der Waals surface area contributed by atoms with E-state index in [2.05, 4.69) is 14.9 Å². The number of aromatic nitrogens is 2. The van der Waals surface area contributed by atoms with Crippen LogP contribution in [0, 0.1) is 12.8 Å². The Kier molecular flexibility index (Phi) is 3.38. The molecule has 0 aliphatic carbocycles. The number of hydrogen-bond donors (Lipinski definition) is 2. The highest BCUT2D eigenvalue weighted by atomic mass is 16.3. The number of imidazole rings is 1. The molecular formula is C11H19N3O. The van der Waals surface area contributed by atoms with Crippen molar-refractivity contribution >= 4 is 0 Å². The fourth-order valence-corrected chi connectivity index (χ4v) is 2.18. The molecule has 0 radical (unpaired) electrons. The topological polar surface area (TPSA) is 50.1 Å². The summed E-state index contributed by atoms with van der Waals surface area (Å²) in [5.41, 5.74) is 1.90. The van der Waals surface area contributed by atoms with Gasteiger partial charge in [0, 0.05) is 12.2 Å². The van der Waals surface area contributed by atoms with Gasteiger partial charge in [-0.3, -0.25) is 0 Å². The smallest absolute Gasteiger partial charge is 0.0952 e. The van der Waals surface area contributed by atoms with Crippen LogP contribution in [0.5, 0.6) is 0 Å². The summed E-state index contributed by atoms with van der Waals surface area (Å²) in [6.45, 7) is 5.34. The van der Waals surface area contributed by atoms with E-state index in [1.807, 2.05) is 13.3 Å². The van der Waals surface area contributed by atoms with E-state index in [9.17, 15) is 0 Å². The van der Waals surface area contributed by atoms with Crippen LogP contribution in [0.25, 0.3) is 0 Å². The lowest BCUT2D eigenvalue weighted by atomic mass is 10.00. The molecule has 0 spiro atoms. The van der Waals surface area contributed by atoms with E-state index in [1.165, 1.54) is 12.8 Å². The molecule has 0 amide bonds. The highest BCUT2D eigenvalue weighted by Gasteiger charge is 2.15. The second kappa shape index (κ2) is 4.77. The van der Waals surface area contributed by atoms with Gasteiger partial charge in [-0.1, -0.05) is 0 Å². The Morgan fingerprint density at radius 1 is 1.67 bits per heavy atom. The molecule has 1 atom stereocenters. The quantitative estimate of drug-likeness (QED) is 0.770. The zero-order chi connectivity index (χ0) is 10.7. The van der Waals surface area contributed by atoms with E-state index in [4.69, 9.17) is 5.11 Å². The van der Waals surface area contributed by atoms with E-state index >= 15 is 0 Å². The average molecular weight is 209 g/mol. The van der Waals surface area contributed by atoms with Gasteiger partial charge in [0.05, 0.1) is 18.6 Å². The maximum atomic E-state index is 9.05. The SMILES string of the molecule is Cc1c(CO)ncn1CC1CCCNC1. The third kappa shape index (κ3) is 2.38. The van der Waals surface area contributed by atoms with Crippen molar-refractivity contribution in [3.63, 3.8) is 0 Å². The van der Waals surface area contributed by atoms with E-state index < -0.39 is 0 Å². The lowest BCUT2D eigenvalue weighted by Crippen LogP contribution is -2.32. The Bertz CT molecular complexity index is 316. The summed E-state index contributed by atoms with van der Waals surface area (Å²) in [5.74, 6) is 0.707. The average Bonchev–Trinajstić information content (AvgIpc) is 2.62. The molecule has 2 N–H and O–H groups in total. The maximum absolute atomic E-state index is 9.05. The molecule has 1 aliphatic rings. The summed E-state index contributed by atoms with van der Waals surface area (Å²) >= 11 is 0. The van der Waals surface area contributed by atoms with E-state index in [0.29, 0.717) is 5.92 Å². The molecule has 4 heteroatoms. The van der Waals surface area contributed by atoms with Crippen LogP contribution < -0.4 is 5.32 Å². The van der Waals surface area contributed by atoms with Gasteiger partial charge in [0.1, 0.15) is 0 Å². The minimum Gasteiger partial charge on any atom is -0.390 e. The van der Waals surface area contributed by atoms with Crippen LogP contribution in [-0.4, -0.2) is 27.7 Å². The summed E-state index contributed by atoms with van der Waals surface area (Å²) in [4.78, 5) is 4.19. The Morgan fingerprint density at radius 3 is 3.13 bits per heavy atom. The molecule has 1 aromatic rings. The van der Waals surface area contributed by atoms with Gasteiger partial charge in [0.15, 0.2) is 0 Å². The van der Waals surface area contributed by atoms with Crippen LogP contribution in [-0.2, 0) is 13.2 Å². The first-order chi connectivity index (χ1) is 7.31. The second-order valence-corrected chi connectivity index (χ2v) is 4.30. The van der Waals surface area contributed by atoms with Crippen LogP contribution >= 0.6 is 0 Å². The molecule has 2 rings (SSSR count). The number of aliphatic hydroxyl groups is 1. The molecule has 0 saturated carbocycles. The zero-order valence-corrected chi connectivity index (χ0v) is 9.24. The Labute approximate surface area is 90.3 Å². The molecule has 15 heavy (non-hydrogen) atoms. The maximum Gasteiger partial charge on any atom is 0.0952 e. The molecular weight excluding hydrogens is 190 g/mol. The van der Waals surface area contributed by atoms with Crippen molar-refractivity contribution in [3.05, 3.63) is 17.7 Å². The van der Waals surface area contributed by atoms with Gasteiger partial charge in [-0.05, 0) is 38.8 Å². The molecule has 84 valence electrons. The number of nitrogens with one attached hydrogen (secondary N) is 1. The van der Waals surface area contributed by atoms with Crippen molar-refractivity contribution in [2.75, 3.05) is 13.1 Å². The lowest BCUT2D eigenvalue weighted by molar-refractivity contribution is 0.276. The molecule has 2 heterocycles. The van der Waals surface area contributed by atoms with Gasteiger partial charge in [-0.15, -0.1) is 0 Å². The monoisotopic (exact) mass is 209 g/mol. The van der Waals surface area contributed by atoms with Crippen LogP contribution in [0.1, 0.15) is 24.2 Å². The molecule has 1 unspecified atom stereocenters. The summed E-state index contributed by atoms with van der Waals surface area (Å²) in [6.07, 6.45) is 4.40. The minimum atomic E-state index is 0.0434. The molecule has 1 saturated heterocycles. The molecule has 0 aromatic carbocycles. The Morgan fingerprint density at radius 2 is 2.53 bits per heavy atom. The summed E-state index contributed by atoms with van der Waals surface area (Å²) in [7, 11) is 0. The fourth-order valence-electron chi connectivity index (χ4n) is 2.18. The number of rotatable bonds is 3. The van der Waals surface area contributed by atoms with Gasteiger partial charge < -0.3 is 15.0 Å². The normalized spacial score (nSPS) is 21.9. The van der Waals surface area contributed by atoms with Crippen molar-refractivity contribution in [2.24, 2.45) is 5.92 Å². The molecule has 4 nitrogen and oxygen atoms in total. The van der Waals surface area contributed by atoms with Crippen molar-refractivity contribution in [2.45, 2.75) is 32.9 Å². The molecule has 1 aromatic heterocycles. The van der Waals surface area contributed by atoms with Gasteiger partial charge in [0.2, 0.25) is 0 Å². The summed E-state index contributed by atoms with van der Waals surface area (Å²) in [6, 6.07) is 0. The van der Waals surface area contributed by atoms with E-state index in [1.54, 1.807) is 0 Å².